The van der Waals surface area contributed by atoms with Crippen LogP contribution in [0.2, 0.25) is 0 Å². The molecule has 8 heteroatoms. The van der Waals surface area contributed by atoms with E-state index in [-0.39, 0.29) is 6.04 Å². The third kappa shape index (κ3) is 5.38. The molecule has 0 radical (unpaired) electrons. The lowest BCUT2D eigenvalue weighted by molar-refractivity contribution is -0.134. The van der Waals surface area contributed by atoms with E-state index in [1.54, 1.807) is 0 Å². The summed E-state index contributed by atoms with van der Waals surface area (Å²) >= 11 is 1.88. The number of nitrogens with two attached hydrogens (primary N) is 1. The van der Waals surface area contributed by atoms with E-state index >= 15 is 0 Å². The molecule has 2 aromatic heterocycles. The first-order valence-electron chi connectivity index (χ1n) is 8.46. The Morgan fingerprint density at radius 2 is 1.85 bits per heavy atom. The van der Waals surface area contributed by atoms with Gasteiger partial charge in [0.15, 0.2) is 0 Å². The van der Waals surface area contributed by atoms with E-state index < -0.39 is 11.9 Å². The second-order valence-corrected chi connectivity index (χ2v) is 7.65. The standard InChI is InChI=1S/C15H19N3S.C4H4O4/c1-9(2)14-6-12-13(19-14)5-4-11-7-17-18(15(11)12)8-10(3)16;5-3(6)1-2-4(7)8/h4-7,9-10H,8,16H2,1-3H3;1-2H,(H,5,6)(H,7,8)/t10-;/m0./s1. The molecule has 0 saturated heterocycles. The van der Waals surface area contributed by atoms with Crippen LogP contribution in [0.25, 0.3) is 21.0 Å². The predicted octanol–water partition coefficient (Wildman–Crippen LogP) is 3.43. The smallest absolute Gasteiger partial charge is 0.328 e. The summed E-state index contributed by atoms with van der Waals surface area (Å²) in [5, 5.41) is 22.6. The lowest BCUT2D eigenvalue weighted by Gasteiger charge is -2.07. The van der Waals surface area contributed by atoms with Gasteiger partial charge in [0.2, 0.25) is 0 Å². The molecule has 0 unspecified atom stereocenters. The molecule has 3 aromatic rings. The number of aliphatic carboxylic acids is 2. The Morgan fingerprint density at radius 3 is 2.37 bits per heavy atom. The molecule has 0 spiro atoms. The molecule has 0 bridgehead atoms. The minimum atomic E-state index is -1.26. The Labute approximate surface area is 160 Å². The molecule has 0 fully saturated rings. The van der Waals surface area contributed by atoms with Crippen molar-refractivity contribution in [2.75, 3.05) is 0 Å². The fourth-order valence-electron chi connectivity index (χ4n) is 2.55. The van der Waals surface area contributed by atoms with Crippen molar-refractivity contribution < 1.29 is 19.8 Å². The van der Waals surface area contributed by atoms with Gasteiger partial charge in [0.1, 0.15) is 0 Å². The van der Waals surface area contributed by atoms with Gasteiger partial charge >= 0.3 is 11.9 Å². The minimum absolute atomic E-state index is 0.113. The van der Waals surface area contributed by atoms with Crippen LogP contribution in [0.15, 0.2) is 36.5 Å². The van der Waals surface area contributed by atoms with Crippen molar-refractivity contribution in [1.82, 2.24) is 9.78 Å². The number of thiophene rings is 1. The van der Waals surface area contributed by atoms with E-state index in [4.69, 9.17) is 15.9 Å². The largest absolute Gasteiger partial charge is 0.478 e. The van der Waals surface area contributed by atoms with Crippen LogP contribution in [-0.4, -0.2) is 38.0 Å². The summed E-state index contributed by atoms with van der Waals surface area (Å²) in [7, 11) is 0. The van der Waals surface area contributed by atoms with Crippen LogP contribution in [0.5, 0.6) is 0 Å². The predicted molar refractivity (Wildman–Crippen MR) is 107 cm³/mol. The summed E-state index contributed by atoms with van der Waals surface area (Å²) in [5.41, 5.74) is 7.13. The molecule has 1 atom stereocenters. The highest BCUT2D eigenvalue weighted by molar-refractivity contribution is 7.19. The lowest BCUT2D eigenvalue weighted by Crippen LogP contribution is -2.22. The number of hydrogen-bond acceptors (Lipinski definition) is 5. The first-order chi connectivity index (χ1) is 12.7. The lowest BCUT2D eigenvalue weighted by atomic mass is 10.1. The van der Waals surface area contributed by atoms with Crippen LogP contribution >= 0.6 is 11.3 Å². The zero-order chi connectivity index (χ0) is 20.1. The molecular formula is C19H23N3O4S. The van der Waals surface area contributed by atoms with Gasteiger partial charge in [0, 0.05) is 38.5 Å². The molecule has 0 aliphatic carbocycles. The summed E-state index contributed by atoms with van der Waals surface area (Å²) in [6.45, 7) is 7.25. The fourth-order valence-corrected chi connectivity index (χ4v) is 3.62. The molecule has 3 rings (SSSR count). The Hall–Kier alpha value is -2.71. The van der Waals surface area contributed by atoms with Crippen molar-refractivity contribution in [2.24, 2.45) is 5.73 Å². The van der Waals surface area contributed by atoms with Crippen molar-refractivity contribution in [3.8, 4) is 0 Å². The van der Waals surface area contributed by atoms with Gasteiger partial charge in [-0.05, 0) is 31.0 Å². The number of carboxylic acids is 2. The van der Waals surface area contributed by atoms with Crippen LogP contribution in [0.1, 0.15) is 31.6 Å². The highest BCUT2D eigenvalue weighted by Crippen LogP contribution is 2.35. The monoisotopic (exact) mass is 389 g/mol. The minimum Gasteiger partial charge on any atom is -0.478 e. The number of nitrogens with zero attached hydrogens (tertiary/aromatic N) is 2. The average molecular weight is 389 g/mol. The van der Waals surface area contributed by atoms with Gasteiger partial charge in [-0.2, -0.15) is 5.10 Å². The highest BCUT2D eigenvalue weighted by Gasteiger charge is 2.12. The number of aromatic nitrogens is 2. The maximum atomic E-state index is 9.55. The fraction of sp³-hybridized carbons (Fsp3) is 0.316. The van der Waals surface area contributed by atoms with Crippen LogP contribution in [0.3, 0.4) is 0 Å². The van der Waals surface area contributed by atoms with Crippen molar-refractivity contribution >= 4 is 44.3 Å². The molecule has 1 aromatic carbocycles. The van der Waals surface area contributed by atoms with Crippen molar-refractivity contribution in [2.45, 2.75) is 39.3 Å². The Bertz CT molecular complexity index is 970. The van der Waals surface area contributed by atoms with Gasteiger partial charge in [-0.25, -0.2) is 9.59 Å². The molecule has 27 heavy (non-hydrogen) atoms. The van der Waals surface area contributed by atoms with Gasteiger partial charge < -0.3 is 15.9 Å². The second kappa shape index (κ2) is 8.79. The summed E-state index contributed by atoms with van der Waals surface area (Å²) in [6.07, 6.45) is 3.05. The van der Waals surface area contributed by atoms with Gasteiger partial charge in [-0.1, -0.05) is 13.8 Å². The normalized spacial score (nSPS) is 12.5. The third-order valence-corrected chi connectivity index (χ3v) is 5.12. The molecular weight excluding hydrogens is 366 g/mol. The van der Waals surface area contributed by atoms with E-state index in [9.17, 15) is 9.59 Å². The molecule has 4 N–H and O–H groups in total. The maximum Gasteiger partial charge on any atom is 0.328 e. The number of rotatable bonds is 5. The molecule has 0 saturated carbocycles. The first-order valence-corrected chi connectivity index (χ1v) is 9.28. The third-order valence-electron chi connectivity index (χ3n) is 3.72. The summed E-state index contributed by atoms with van der Waals surface area (Å²) in [6, 6.07) is 6.78. The van der Waals surface area contributed by atoms with E-state index in [0.717, 1.165) is 6.54 Å². The van der Waals surface area contributed by atoms with Gasteiger partial charge in [0.05, 0.1) is 18.3 Å². The van der Waals surface area contributed by atoms with Crippen molar-refractivity contribution in [1.29, 1.82) is 0 Å². The number of carboxylic acid groups (broad SMARTS) is 2. The zero-order valence-corrected chi connectivity index (χ0v) is 16.2. The zero-order valence-electron chi connectivity index (χ0n) is 15.4. The van der Waals surface area contributed by atoms with E-state index in [1.807, 2.05) is 29.1 Å². The topological polar surface area (TPSA) is 118 Å². The highest BCUT2D eigenvalue weighted by atomic mass is 32.1. The van der Waals surface area contributed by atoms with E-state index in [2.05, 4.69) is 37.1 Å². The Balaban J connectivity index is 0.000000279. The quantitative estimate of drug-likeness (QED) is 0.575. The molecule has 7 nitrogen and oxygen atoms in total. The molecule has 144 valence electrons. The van der Waals surface area contributed by atoms with Crippen LogP contribution < -0.4 is 5.73 Å². The maximum absolute atomic E-state index is 9.55. The Kier molecular flexibility index (Phi) is 6.70. The van der Waals surface area contributed by atoms with Gasteiger partial charge in [-0.3, -0.25) is 4.68 Å². The molecule has 0 aliphatic heterocycles. The number of benzene rings is 1. The van der Waals surface area contributed by atoms with Crippen LogP contribution in [0.4, 0.5) is 0 Å². The van der Waals surface area contributed by atoms with Gasteiger partial charge in [0.25, 0.3) is 0 Å². The van der Waals surface area contributed by atoms with Crippen molar-refractivity contribution in [3.05, 3.63) is 41.4 Å². The molecule has 0 aliphatic rings. The average Bonchev–Trinajstić information content (AvgIpc) is 3.16. The summed E-state index contributed by atoms with van der Waals surface area (Å²) < 4.78 is 3.38. The van der Waals surface area contributed by atoms with Crippen LogP contribution in [-0.2, 0) is 16.1 Å². The van der Waals surface area contributed by atoms with E-state index in [1.165, 1.54) is 25.9 Å². The SMILES string of the molecule is CC(C)c1cc2c(ccc3cnn(C[C@H](C)N)c32)s1.O=C(O)C=CC(=O)O. The molecule has 2 heterocycles. The Morgan fingerprint density at radius 1 is 1.22 bits per heavy atom. The number of hydrogen-bond donors (Lipinski definition) is 3. The van der Waals surface area contributed by atoms with E-state index in [0.29, 0.717) is 18.1 Å². The second-order valence-electron chi connectivity index (χ2n) is 6.53. The summed E-state index contributed by atoms with van der Waals surface area (Å²) in [4.78, 5) is 20.5. The number of carbonyl (C=O) groups is 2. The number of fused-ring (bicyclic) bond motifs is 3. The van der Waals surface area contributed by atoms with Gasteiger partial charge in [-0.15, -0.1) is 11.3 Å². The van der Waals surface area contributed by atoms with Crippen molar-refractivity contribution in [3.63, 3.8) is 0 Å². The summed E-state index contributed by atoms with van der Waals surface area (Å²) in [5.74, 6) is -1.95. The van der Waals surface area contributed by atoms with Crippen LogP contribution in [0, 0.1) is 0 Å². The molecule has 0 amide bonds. The first kappa shape index (κ1) is 20.6.